The number of imidazole rings is 1. The van der Waals surface area contributed by atoms with E-state index in [1.165, 1.54) is 44.8 Å². The van der Waals surface area contributed by atoms with Crippen LogP contribution in [0.1, 0.15) is 51.4 Å². The Balaban J connectivity index is 0.981. The molecule has 2 aliphatic heterocycles. The highest BCUT2D eigenvalue weighted by molar-refractivity contribution is 5.88. The smallest absolute Gasteiger partial charge is 0.354 e. The molecule has 0 radical (unpaired) electrons. The molecule has 216 valence electrons. The van der Waals surface area contributed by atoms with Crippen molar-refractivity contribution in [2.24, 2.45) is 0 Å². The van der Waals surface area contributed by atoms with Gasteiger partial charge in [-0.2, -0.15) is 0 Å². The lowest BCUT2D eigenvalue weighted by molar-refractivity contribution is 0.0685. The first kappa shape index (κ1) is 27.2. The predicted molar refractivity (Wildman–Crippen MR) is 169 cm³/mol. The van der Waals surface area contributed by atoms with Crippen LogP contribution in [0.15, 0.2) is 103 Å². The van der Waals surface area contributed by atoms with E-state index < -0.39 is 5.97 Å². The Morgan fingerprint density at radius 3 is 2.37 bits per heavy atom. The number of aromatic carboxylic acids is 1. The van der Waals surface area contributed by atoms with E-state index in [0.29, 0.717) is 13.2 Å². The Bertz CT molecular complexity index is 1810. The second-order valence-electron chi connectivity index (χ2n) is 11.5. The summed E-state index contributed by atoms with van der Waals surface area (Å²) in [5.74, 6) is 0.765. The maximum absolute atomic E-state index is 11.9. The number of carboxylic acids is 1. The number of hydrogen-bond acceptors (Lipinski definition) is 4. The molecular formula is C37H35N3O3. The van der Waals surface area contributed by atoms with E-state index in [1.807, 2.05) is 4.57 Å². The molecule has 1 aromatic heterocycles. The first-order valence-electron chi connectivity index (χ1n) is 15.1. The van der Waals surface area contributed by atoms with Gasteiger partial charge >= 0.3 is 5.97 Å². The number of ether oxygens (including phenoxy) is 1. The number of carboxylic acid groups (broad SMARTS) is 1. The highest BCUT2D eigenvalue weighted by atomic mass is 16.5. The maximum Gasteiger partial charge on any atom is 0.354 e. The van der Waals surface area contributed by atoms with E-state index in [2.05, 4.69) is 101 Å². The number of nitrogens with zero attached hydrogens (tertiary/aromatic N) is 3. The van der Waals surface area contributed by atoms with Gasteiger partial charge in [-0.25, -0.2) is 9.78 Å². The Hall–Kier alpha value is -4.68. The Morgan fingerprint density at radius 1 is 0.814 bits per heavy atom. The van der Waals surface area contributed by atoms with Gasteiger partial charge in [0.1, 0.15) is 23.9 Å². The summed E-state index contributed by atoms with van der Waals surface area (Å²) in [7, 11) is 0. The summed E-state index contributed by atoms with van der Waals surface area (Å²) in [6.07, 6.45) is 5.23. The third kappa shape index (κ3) is 5.71. The summed E-state index contributed by atoms with van der Waals surface area (Å²) in [5, 5.41) is 12.2. The molecule has 0 spiro atoms. The molecule has 0 atom stereocenters. The lowest BCUT2D eigenvalue weighted by atomic mass is 9.90. The van der Waals surface area contributed by atoms with Crippen LogP contribution < -0.4 is 4.74 Å². The van der Waals surface area contributed by atoms with Gasteiger partial charge in [-0.15, -0.1) is 0 Å². The lowest BCUT2D eigenvalue weighted by Crippen LogP contribution is -2.33. The Kier molecular flexibility index (Phi) is 7.52. The normalized spacial score (nSPS) is 15.2. The highest BCUT2D eigenvalue weighted by Gasteiger charge is 2.27. The first-order chi connectivity index (χ1) is 21.1. The standard InChI is InChI=1S/C37H35N3O3/c41-37(42)34-24-38-36-35(33-8-4-3-6-29(33)18-22-40(34)36)30-16-20-39(21-17-30)19-15-26-10-13-32(14-11-26)43-25-27-9-12-28-5-1-2-7-31(28)23-27/h1-14,23-24H,15-22,25H2,(H,41,42). The summed E-state index contributed by atoms with van der Waals surface area (Å²) in [6, 6.07) is 31.8. The molecule has 2 aliphatic rings. The minimum absolute atomic E-state index is 0.267. The summed E-state index contributed by atoms with van der Waals surface area (Å²) >= 11 is 0. The largest absolute Gasteiger partial charge is 0.489 e. The van der Waals surface area contributed by atoms with Crippen molar-refractivity contribution in [2.75, 3.05) is 19.6 Å². The van der Waals surface area contributed by atoms with Crippen molar-refractivity contribution in [2.45, 2.75) is 38.8 Å². The zero-order valence-corrected chi connectivity index (χ0v) is 24.2. The van der Waals surface area contributed by atoms with Crippen molar-refractivity contribution in [3.05, 3.63) is 137 Å². The van der Waals surface area contributed by atoms with Gasteiger partial charge in [-0.3, -0.25) is 0 Å². The van der Waals surface area contributed by atoms with Crippen molar-refractivity contribution < 1.29 is 14.6 Å². The number of rotatable bonds is 7. The van der Waals surface area contributed by atoms with Gasteiger partial charge < -0.3 is 19.3 Å². The van der Waals surface area contributed by atoms with Crippen molar-refractivity contribution in [3.8, 4) is 5.75 Å². The molecule has 0 saturated carbocycles. The first-order valence-corrected chi connectivity index (χ1v) is 15.1. The van der Waals surface area contributed by atoms with Crippen LogP contribution in [0.2, 0.25) is 0 Å². The average Bonchev–Trinajstić information content (AvgIpc) is 3.40. The zero-order valence-electron chi connectivity index (χ0n) is 24.2. The molecule has 0 aliphatic carbocycles. The second kappa shape index (κ2) is 11.9. The molecule has 3 heterocycles. The molecular weight excluding hydrogens is 534 g/mol. The average molecular weight is 570 g/mol. The third-order valence-electron chi connectivity index (χ3n) is 8.86. The van der Waals surface area contributed by atoms with Crippen molar-refractivity contribution >= 4 is 22.3 Å². The molecule has 0 unspecified atom stereocenters. The number of carbonyl (C=O) groups is 1. The number of hydrogen-bond donors (Lipinski definition) is 1. The molecule has 7 rings (SSSR count). The van der Waals surface area contributed by atoms with E-state index >= 15 is 0 Å². The lowest BCUT2D eigenvalue weighted by Gasteiger charge is -2.30. The van der Waals surface area contributed by atoms with E-state index in [4.69, 9.17) is 4.74 Å². The fourth-order valence-electron chi connectivity index (χ4n) is 6.49. The van der Waals surface area contributed by atoms with Crippen LogP contribution in [-0.4, -0.2) is 45.2 Å². The molecule has 6 nitrogen and oxygen atoms in total. The van der Waals surface area contributed by atoms with E-state index in [1.54, 1.807) is 0 Å². The van der Waals surface area contributed by atoms with Gasteiger partial charge in [-0.1, -0.05) is 78.4 Å². The van der Waals surface area contributed by atoms with E-state index in [9.17, 15) is 9.90 Å². The number of likely N-dealkylation sites (tertiary alicyclic amines) is 1. The van der Waals surface area contributed by atoms with Gasteiger partial charge in [0.15, 0.2) is 0 Å². The van der Waals surface area contributed by atoms with Crippen LogP contribution >= 0.6 is 0 Å². The van der Waals surface area contributed by atoms with Gasteiger partial charge in [0, 0.05) is 31.8 Å². The molecule has 0 amide bonds. The summed E-state index contributed by atoms with van der Waals surface area (Å²) in [6.45, 7) is 4.16. The molecule has 5 aromatic rings. The molecule has 4 aromatic carbocycles. The minimum atomic E-state index is -0.923. The predicted octanol–water partition coefficient (Wildman–Crippen LogP) is 7.01. The summed E-state index contributed by atoms with van der Waals surface area (Å²) in [4.78, 5) is 19.1. The van der Waals surface area contributed by atoms with Crippen LogP contribution in [0, 0.1) is 0 Å². The topological polar surface area (TPSA) is 67.6 Å². The quantitative estimate of drug-likeness (QED) is 0.228. The molecule has 1 saturated heterocycles. The molecule has 0 bridgehead atoms. The second-order valence-corrected chi connectivity index (χ2v) is 11.5. The van der Waals surface area contributed by atoms with E-state index in [0.717, 1.165) is 62.5 Å². The minimum Gasteiger partial charge on any atom is -0.489 e. The fourth-order valence-corrected chi connectivity index (χ4v) is 6.49. The number of piperidine rings is 1. The van der Waals surface area contributed by atoms with Crippen LogP contribution in [0.5, 0.6) is 5.75 Å². The van der Waals surface area contributed by atoms with Crippen molar-refractivity contribution in [3.63, 3.8) is 0 Å². The van der Waals surface area contributed by atoms with Crippen LogP contribution in [-0.2, 0) is 26.0 Å². The Morgan fingerprint density at radius 2 is 1.56 bits per heavy atom. The molecule has 43 heavy (non-hydrogen) atoms. The van der Waals surface area contributed by atoms with Crippen molar-refractivity contribution in [1.29, 1.82) is 0 Å². The number of aromatic nitrogens is 2. The molecule has 6 heteroatoms. The Labute approximate surface area is 251 Å². The van der Waals surface area contributed by atoms with Crippen molar-refractivity contribution in [1.82, 2.24) is 14.5 Å². The number of aryl methyl sites for hydroxylation is 1. The van der Waals surface area contributed by atoms with Gasteiger partial charge in [0.2, 0.25) is 0 Å². The van der Waals surface area contributed by atoms with Gasteiger partial charge in [0.05, 0.1) is 6.20 Å². The van der Waals surface area contributed by atoms with E-state index in [-0.39, 0.29) is 5.69 Å². The fraction of sp³-hybridized carbons (Fsp3) is 0.243. The monoisotopic (exact) mass is 569 g/mol. The number of fused-ring (bicyclic) bond motifs is 3. The summed E-state index contributed by atoms with van der Waals surface area (Å²) in [5.41, 5.74) is 7.73. The molecule has 1 N–H and O–H groups in total. The van der Waals surface area contributed by atoms with Gasteiger partial charge in [0.25, 0.3) is 0 Å². The zero-order chi connectivity index (χ0) is 29.2. The number of benzene rings is 4. The van der Waals surface area contributed by atoms with Crippen LogP contribution in [0.4, 0.5) is 0 Å². The van der Waals surface area contributed by atoms with Crippen LogP contribution in [0.3, 0.4) is 0 Å². The summed E-state index contributed by atoms with van der Waals surface area (Å²) < 4.78 is 7.97. The van der Waals surface area contributed by atoms with Gasteiger partial charge in [-0.05, 0) is 76.9 Å². The molecule has 1 fully saturated rings. The van der Waals surface area contributed by atoms with Crippen LogP contribution in [0.25, 0.3) is 16.3 Å². The highest BCUT2D eigenvalue weighted by Crippen LogP contribution is 2.36. The third-order valence-corrected chi connectivity index (χ3v) is 8.86. The SMILES string of the molecule is O=C(O)c1cnc2n1CCc1ccccc1C2=C1CCN(CCc2ccc(OCc3ccc4ccccc4c3)cc2)CC1. The maximum atomic E-state index is 11.9.